The van der Waals surface area contributed by atoms with Crippen molar-refractivity contribution in [1.82, 2.24) is 20.4 Å². The molecule has 1 aliphatic carbocycles. The van der Waals surface area contributed by atoms with Crippen LogP contribution >= 0.6 is 0 Å². The van der Waals surface area contributed by atoms with Gasteiger partial charge in [0.15, 0.2) is 0 Å². The van der Waals surface area contributed by atoms with Crippen LogP contribution in [0.3, 0.4) is 0 Å². The van der Waals surface area contributed by atoms with E-state index in [1.807, 2.05) is 38.1 Å². The van der Waals surface area contributed by atoms with Crippen LogP contribution in [0.25, 0.3) is 0 Å². The van der Waals surface area contributed by atoms with Crippen LogP contribution < -0.4 is 10.6 Å². The van der Waals surface area contributed by atoms with Gasteiger partial charge in [0, 0.05) is 12.6 Å². The number of urea groups is 1. The molecular formula is C22H28N4O3. The lowest BCUT2D eigenvalue weighted by molar-refractivity contribution is -0.141. The molecule has 0 spiro atoms. The van der Waals surface area contributed by atoms with E-state index in [2.05, 4.69) is 10.6 Å². The lowest BCUT2D eigenvalue weighted by Crippen LogP contribution is -2.56. The molecule has 1 fully saturated rings. The van der Waals surface area contributed by atoms with Gasteiger partial charge in [0.05, 0.1) is 23.9 Å². The van der Waals surface area contributed by atoms with Crippen LogP contribution in [0.2, 0.25) is 0 Å². The Labute approximate surface area is 171 Å². The normalized spacial score (nSPS) is 22.0. The molecule has 0 aromatic heterocycles. The number of aryl methyl sites for hydroxylation is 1. The number of benzene rings is 1. The number of nitrogens with zero attached hydrogens (tertiary/aromatic N) is 2. The van der Waals surface area contributed by atoms with Gasteiger partial charge in [-0.25, -0.2) is 4.79 Å². The third kappa shape index (κ3) is 3.28. The average molecular weight is 396 g/mol. The van der Waals surface area contributed by atoms with E-state index in [1.54, 1.807) is 23.6 Å². The lowest BCUT2D eigenvalue weighted by Gasteiger charge is -2.35. The second kappa shape index (κ2) is 6.90. The first-order valence-electron chi connectivity index (χ1n) is 10.2. The molecule has 1 saturated carbocycles. The number of carbonyl (C=O) groups is 3. The van der Waals surface area contributed by atoms with Crippen molar-refractivity contribution in [3.05, 3.63) is 46.7 Å². The van der Waals surface area contributed by atoms with Gasteiger partial charge in [0.1, 0.15) is 5.54 Å². The van der Waals surface area contributed by atoms with Crippen LogP contribution in [-0.2, 0) is 9.59 Å². The SMILES string of the molecule is CCN1C(=O)NC(c2ccc(C)cc2)C2=C1CN(C(C)(C)C(=O)NC1CC1)C2=O. The fraction of sp³-hybridized carbons (Fsp3) is 0.500. The standard InChI is InChI=1S/C22H28N4O3/c1-5-25-16-12-26(22(3,4)20(28)23-15-10-11-15)19(27)17(16)18(24-21(25)29)14-8-6-13(2)7-9-14/h6-9,15,18H,5,10-12H2,1-4H3,(H,23,28)(H,24,29). The van der Waals surface area contributed by atoms with E-state index in [9.17, 15) is 14.4 Å². The highest BCUT2D eigenvalue weighted by Crippen LogP contribution is 2.39. The second-order valence-corrected chi connectivity index (χ2v) is 8.60. The van der Waals surface area contributed by atoms with E-state index in [0.717, 1.165) is 24.0 Å². The topological polar surface area (TPSA) is 81.8 Å². The summed E-state index contributed by atoms with van der Waals surface area (Å²) >= 11 is 0. The Morgan fingerprint density at radius 2 is 1.86 bits per heavy atom. The predicted molar refractivity (Wildman–Crippen MR) is 109 cm³/mol. The minimum Gasteiger partial charge on any atom is -0.351 e. The van der Waals surface area contributed by atoms with E-state index in [-0.39, 0.29) is 30.4 Å². The molecular weight excluding hydrogens is 368 g/mol. The molecule has 2 heterocycles. The zero-order valence-electron chi connectivity index (χ0n) is 17.4. The number of likely N-dealkylation sites (N-methyl/N-ethyl adjacent to an activating group) is 1. The first kappa shape index (κ1) is 19.5. The van der Waals surface area contributed by atoms with Crippen LogP contribution in [0, 0.1) is 6.92 Å². The van der Waals surface area contributed by atoms with Gasteiger partial charge in [0.2, 0.25) is 5.91 Å². The molecule has 7 heteroatoms. The Balaban J connectivity index is 1.69. The van der Waals surface area contributed by atoms with E-state index in [1.165, 1.54) is 0 Å². The Morgan fingerprint density at radius 1 is 1.21 bits per heavy atom. The van der Waals surface area contributed by atoms with Gasteiger partial charge in [-0.05, 0) is 46.1 Å². The Hall–Kier alpha value is -2.83. The van der Waals surface area contributed by atoms with Crippen molar-refractivity contribution in [2.75, 3.05) is 13.1 Å². The highest BCUT2D eigenvalue weighted by atomic mass is 16.2. The lowest BCUT2D eigenvalue weighted by atomic mass is 9.94. The Bertz CT molecular complexity index is 899. The van der Waals surface area contributed by atoms with Crippen LogP contribution in [0.4, 0.5) is 4.79 Å². The smallest absolute Gasteiger partial charge is 0.322 e. The highest BCUT2D eigenvalue weighted by Gasteiger charge is 2.50. The fourth-order valence-electron chi connectivity index (χ4n) is 4.00. The van der Waals surface area contributed by atoms with Crippen LogP contribution in [0.5, 0.6) is 0 Å². The number of hydrogen-bond donors (Lipinski definition) is 2. The van der Waals surface area contributed by atoms with Crippen LogP contribution in [0.15, 0.2) is 35.5 Å². The third-order valence-electron chi connectivity index (χ3n) is 6.09. The monoisotopic (exact) mass is 396 g/mol. The summed E-state index contributed by atoms with van der Waals surface area (Å²) in [5, 5.41) is 5.99. The molecule has 3 aliphatic rings. The molecule has 1 unspecified atom stereocenters. The van der Waals surface area contributed by atoms with Crippen molar-refractivity contribution in [1.29, 1.82) is 0 Å². The summed E-state index contributed by atoms with van der Waals surface area (Å²) in [5.74, 6) is -0.345. The summed E-state index contributed by atoms with van der Waals surface area (Å²) in [4.78, 5) is 42.3. The van der Waals surface area contributed by atoms with Crippen molar-refractivity contribution >= 4 is 17.8 Å². The zero-order chi connectivity index (χ0) is 20.9. The maximum atomic E-state index is 13.5. The first-order chi connectivity index (χ1) is 13.7. The number of carbonyl (C=O) groups excluding carboxylic acids is 3. The van der Waals surface area contributed by atoms with Crippen molar-refractivity contribution < 1.29 is 14.4 Å². The van der Waals surface area contributed by atoms with Crippen LogP contribution in [0.1, 0.15) is 50.8 Å². The second-order valence-electron chi connectivity index (χ2n) is 8.60. The Morgan fingerprint density at radius 3 is 2.45 bits per heavy atom. The quantitative estimate of drug-likeness (QED) is 0.801. The van der Waals surface area contributed by atoms with Gasteiger partial charge in [-0.2, -0.15) is 0 Å². The molecule has 2 aliphatic heterocycles. The fourth-order valence-corrected chi connectivity index (χ4v) is 4.00. The van der Waals surface area contributed by atoms with Gasteiger partial charge in [-0.3, -0.25) is 14.5 Å². The summed E-state index contributed by atoms with van der Waals surface area (Å²) in [6.07, 6.45) is 1.98. The molecule has 0 radical (unpaired) electrons. The molecule has 2 N–H and O–H groups in total. The molecule has 7 nitrogen and oxygen atoms in total. The van der Waals surface area contributed by atoms with Crippen LogP contribution in [-0.4, -0.2) is 52.3 Å². The minimum atomic E-state index is -1.00. The number of amides is 4. The van der Waals surface area contributed by atoms with Gasteiger partial charge < -0.3 is 15.5 Å². The molecule has 1 aromatic rings. The molecule has 4 amide bonds. The highest BCUT2D eigenvalue weighted by molar-refractivity contribution is 6.04. The first-order valence-corrected chi connectivity index (χ1v) is 10.2. The maximum absolute atomic E-state index is 13.5. The summed E-state index contributed by atoms with van der Waals surface area (Å²) in [5.41, 5.74) is 2.22. The van der Waals surface area contributed by atoms with E-state index < -0.39 is 11.6 Å². The molecule has 29 heavy (non-hydrogen) atoms. The molecule has 0 saturated heterocycles. The van der Waals surface area contributed by atoms with Gasteiger partial charge in [-0.1, -0.05) is 29.8 Å². The maximum Gasteiger partial charge on any atom is 0.322 e. The molecule has 1 atom stereocenters. The number of nitrogens with one attached hydrogen (secondary N) is 2. The van der Waals surface area contributed by atoms with Crippen molar-refractivity contribution in [2.45, 2.75) is 58.2 Å². The van der Waals surface area contributed by atoms with E-state index in [0.29, 0.717) is 17.8 Å². The molecule has 0 bridgehead atoms. The Kier molecular flexibility index (Phi) is 4.63. The zero-order valence-corrected chi connectivity index (χ0v) is 17.4. The summed E-state index contributed by atoms with van der Waals surface area (Å²) < 4.78 is 0. The summed E-state index contributed by atoms with van der Waals surface area (Å²) in [6, 6.07) is 7.31. The van der Waals surface area contributed by atoms with Gasteiger partial charge in [0.25, 0.3) is 5.91 Å². The minimum absolute atomic E-state index is 0.151. The van der Waals surface area contributed by atoms with E-state index >= 15 is 0 Å². The summed E-state index contributed by atoms with van der Waals surface area (Å²) in [7, 11) is 0. The molecule has 154 valence electrons. The molecule has 4 rings (SSSR count). The molecule has 1 aromatic carbocycles. The van der Waals surface area contributed by atoms with Crippen molar-refractivity contribution in [2.24, 2.45) is 0 Å². The van der Waals surface area contributed by atoms with Gasteiger partial charge in [-0.15, -0.1) is 0 Å². The predicted octanol–water partition coefficient (Wildman–Crippen LogP) is 2.23. The van der Waals surface area contributed by atoms with Crippen molar-refractivity contribution in [3.63, 3.8) is 0 Å². The van der Waals surface area contributed by atoms with E-state index in [4.69, 9.17) is 0 Å². The number of rotatable bonds is 5. The largest absolute Gasteiger partial charge is 0.351 e. The average Bonchev–Trinajstić information content (AvgIpc) is 3.42. The van der Waals surface area contributed by atoms with Gasteiger partial charge >= 0.3 is 6.03 Å². The number of hydrogen-bond acceptors (Lipinski definition) is 3. The van der Waals surface area contributed by atoms with Crippen molar-refractivity contribution in [3.8, 4) is 0 Å². The third-order valence-corrected chi connectivity index (χ3v) is 6.09. The summed E-state index contributed by atoms with van der Waals surface area (Å²) in [6.45, 7) is 8.13.